The molecule has 0 amide bonds. The molecule has 0 aliphatic heterocycles. The Morgan fingerprint density at radius 3 is 1.83 bits per heavy atom. The van der Waals surface area contributed by atoms with Crippen LogP contribution in [0.4, 0.5) is 48.3 Å². The molecule has 0 unspecified atom stereocenters. The van der Waals surface area contributed by atoms with Crippen molar-refractivity contribution in [1.29, 1.82) is 0 Å². The van der Waals surface area contributed by atoms with Crippen LogP contribution < -0.4 is 4.74 Å². The lowest BCUT2D eigenvalue weighted by atomic mass is 10.1. The van der Waals surface area contributed by atoms with Gasteiger partial charge in [0.05, 0.1) is 25.5 Å². The second-order valence-electron chi connectivity index (χ2n) is 10.8. The van der Waals surface area contributed by atoms with Gasteiger partial charge in [-0.05, 0) is 68.0 Å². The molecule has 1 aromatic carbocycles. The Bertz CT molecular complexity index is 1140. The molecular weight excluding hydrogens is 643 g/mol. The van der Waals surface area contributed by atoms with Crippen LogP contribution >= 0.6 is 0 Å². The molecule has 0 atom stereocenters. The zero-order chi connectivity index (χ0) is 34.5. The van der Waals surface area contributed by atoms with Crippen molar-refractivity contribution in [1.82, 2.24) is 4.98 Å². The summed E-state index contributed by atoms with van der Waals surface area (Å²) in [5, 5.41) is 0. The standard InChI is InChI=1S/C31H38F11NO3/c1-2-3-4-5-6-8-11-23-12-17-26(43-22-23)24-13-15-25(16-14-24)44-19-10-7-9-18-27(32,33)45-20-21-46-31(41,42)29(36,37)28(34,35)30(38,39)40/h12-17,22H,2-11,18-21H2,1H3. The lowest BCUT2D eigenvalue weighted by Crippen LogP contribution is -2.61. The van der Waals surface area contributed by atoms with Gasteiger partial charge in [0.15, 0.2) is 0 Å². The van der Waals surface area contributed by atoms with Crippen LogP contribution in [0.15, 0.2) is 42.6 Å². The Morgan fingerprint density at radius 2 is 1.22 bits per heavy atom. The molecule has 0 spiro atoms. The summed E-state index contributed by atoms with van der Waals surface area (Å²) in [5.41, 5.74) is 2.88. The zero-order valence-electron chi connectivity index (χ0n) is 25.3. The summed E-state index contributed by atoms with van der Waals surface area (Å²) in [6.07, 6.45) is -7.49. The van der Waals surface area contributed by atoms with E-state index in [1.165, 1.54) is 37.7 Å². The molecular formula is C31H38F11NO3. The second kappa shape index (κ2) is 17.5. The van der Waals surface area contributed by atoms with Gasteiger partial charge in [-0.3, -0.25) is 4.98 Å². The number of hydrogen-bond acceptors (Lipinski definition) is 4. The minimum atomic E-state index is -7.14. The van der Waals surface area contributed by atoms with E-state index in [-0.39, 0.29) is 19.4 Å². The van der Waals surface area contributed by atoms with E-state index in [1.54, 1.807) is 12.1 Å². The molecule has 0 aliphatic rings. The maximum atomic E-state index is 13.8. The van der Waals surface area contributed by atoms with Crippen LogP contribution in [0.1, 0.15) is 76.7 Å². The van der Waals surface area contributed by atoms with Gasteiger partial charge in [-0.25, -0.2) is 0 Å². The normalized spacial score (nSPS) is 13.3. The summed E-state index contributed by atoms with van der Waals surface area (Å²) in [4.78, 5) is 4.54. The van der Waals surface area contributed by atoms with Gasteiger partial charge in [-0.2, -0.15) is 48.3 Å². The molecule has 1 aromatic heterocycles. The minimum Gasteiger partial charge on any atom is -0.494 e. The van der Waals surface area contributed by atoms with Crippen LogP contribution in [0.2, 0.25) is 0 Å². The van der Waals surface area contributed by atoms with E-state index in [2.05, 4.69) is 27.4 Å². The average molecular weight is 682 g/mol. The quantitative estimate of drug-likeness (QED) is 0.0916. The largest absolute Gasteiger partial charge is 0.494 e. The molecule has 0 fully saturated rings. The summed E-state index contributed by atoms with van der Waals surface area (Å²) in [5.74, 6) is -13.6. The van der Waals surface area contributed by atoms with Crippen molar-refractivity contribution >= 4 is 0 Å². The van der Waals surface area contributed by atoms with Crippen molar-refractivity contribution in [3.05, 3.63) is 48.2 Å². The molecule has 262 valence electrons. The Hall–Kier alpha value is -2.68. The van der Waals surface area contributed by atoms with Crippen molar-refractivity contribution in [3.8, 4) is 17.0 Å². The summed E-state index contributed by atoms with van der Waals surface area (Å²) in [7, 11) is 0. The second-order valence-corrected chi connectivity index (χ2v) is 10.8. The van der Waals surface area contributed by atoms with Crippen LogP contribution in [0, 0.1) is 0 Å². The fourth-order valence-corrected chi connectivity index (χ4v) is 4.26. The van der Waals surface area contributed by atoms with E-state index in [0.717, 1.165) is 24.1 Å². The Labute approximate surface area is 260 Å². The summed E-state index contributed by atoms with van der Waals surface area (Å²) < 4.78 is 155. The van der Waals surface area contributed by atoms with Gasteiger partial charge in [0.2, 0.25) is 0 Å². The summed E-state index contributed by atoms with van der Waals surface area (Å²) in [6.45, 7) is -0.903. The van der Waals surface area contributed by atoms with Gasteiger partial charge >= 0.3 is 30.2 Å². The van der Waals surface area contributed by atoms with E-state index in [0.29, 0.717) is 12.2 Å². The SMILES string of the molecule is CCCCCCCCc1ccc(-c2ccc(OCCCCCC(F)(F)OCCOC(F)(F)C(F)(F)C(F)(F)C(F)(F)F)cc2)nc1. The highest BCUT2D eigenvalue weighted by Crippen LogP contribution is 2.53. The maximum Gasteiger partial charge on any atom is 0.460 e. The van der Waals surface area contributed by atoms with Gasteiger partial charge in [-0.15, -0.1) is 0 Å². The third-order valence-corrected chi connectivity index (χ3v) is 6.97. The lowest BCUT2D eigenvalue weighted by molar-refractivity contribution is -0.445. The minimum absolute atomic E-state index is 0.122. The molecule has 0 radical (unpaired) electrons. The first-order valence-electron chi connectivity index (χ1n) is 15.0. The first kappa shape index (κ1) is 39.5. The van der Waals surface area contributed by atoms with Gasteiger partial charge in [0.1, 0.15) is 5.75 Å². The van der Waals surface area contributed by atoms with Crippen LogP contribution in [-0.4, -0.2) is 55.0 Å². The average Bonchev–Trinajstić information content (AvgIpc) is 2.99. The van der Waals surface area contributed by atoms with Crippen LogP contribution in [-0.2, 0) is 15.9 Å². The monoisotopic (exact) mass is 681 g/mol. The number of halogens is 11. The number of hydrogen-bond donors (Lipinski definition) is 0. The highest BCUT2D eigenvalue weighted by atomic mass is 19.4. The van der Waals surface area contributed by atoms with E-state index in [4.69, 9.17) is 4.74 Å². The van der Waals surface area contributed by atoms with Crippen molar-refractivity contribution in [3.63, 3.8) is 0 Å². The number of pyridine rings is 1. The molecule has 46 heavy (non-hydrogen) atoms. The third kappa shape index (κ3) is 11.8. The lowest BCUT2D eigenvalue weighted by Gasteiger charge is -2.33. The summed E-state index contributed by atoms with van der Waals surface area (Å²) in [6, 6.07) is 11.2. The topological polar surface area (TPSA) is 40.6 Å². The fourth-order valence-electron chi connectivity index (χ4n) is 4.26. The number of alkyl halides is 11. The molecule has 0 saturated heterocycles. The van der Waals surface area contributed by atoms with E-state index in [1.807, 2.05) is 24.4 Å². The predicted octanol–water partition coefficient (Wildman–Crippen LogP) is 10.6. The van der Waals surface area contributed by atoms with Crippen molar-refractivity contribution in [2.45, 2.75) is 108 Å². The highest BCUT2D eigenvalue weighted by molar-refractivity contribution is 5.60. The smallest absolute Gasteiger partial charge is 0.460 e. The molecule has 0 bridgehead atoms. The molecule has 0 aliphatic carbocycles. The Morgan fingerprint density at radius 1 is 0.609 bits per heavy atom. The summed E-state index contributed by atoms with van der Waals surface area (Å²) >= 11 is 0. The van der Waals surface area contributed by atoms with Crippen molar-refractivity contribution in [2.24, 2.45) is 0 Å². The first-order chi connectivity index (χ1) is 21.4. The number of rotatable bonds is 22. The molecule has 4 nitrogen and oxygen atoms in total. The van der Waals surface area contributed by atoms with Gasteiger partial charge in [0, 0.05) is 18.2 Å². The number of aryl methyl sites for hydroxylation is 1. The predicted molar refractivity (Wildman–Crippen MR) is 148 cm³/mol. The highest BCUT2D eigenvalue weighted by Gasteiger charge is 2.82. The Kier molecular flexibility index (Phi) is 15.0. The van der Waals surface area contributed by atoms with Crippen molar-refractivity contribution in [2.75, 3.05) is 19.8 Å². The molecule has 1 heterocycles. The van der Waals surface area contributed by atoms with Gasteiger partial charge in [-0.1, -0.05) is 45.1 Å². The number of benzene rings is 1. The first-order valence-corrected chi connectivity index (χ1v) is 15.0. The van der Waals surface area contributed by atoms with E-state index in [9.17, 15) is 48.3 Å². The number of unbranched alkanes of at least 4 members (excludes halogenated alkanes) is 7. The maximum absolute atomic E-state index is 13.8. The molecule has 2 aromatic rings. The van der Waals surface area contributed by atoms with E-state index < -0.39 is 49.9 Å². The number of ether oxygens (including phenoxy) is 3. The van der Waals surface area contributed by atoms with E-state index >= 15 is 0 Å². The number of nitrogens with zero attached hydrogens (tertiary/aromatic N) is 1. The van der Waals surface area contributed by atoms with Gasteiger partial charge in [0.25, 0.3) is 0 Å². The van der Waals surface area contributed by atoms with Crippen LogP contribution in [0.5, 0.6) is 5.75 Å². The fraction of sp³-hybridized carbons (Fsp3) is 0.645. The van der Waals surface area contributed by atoms with Crippen molar-refractivity contribution < 1.29 is 62.5 Å². The molecule has 15 heteroatoms. The van der Waals surface area contributed by atoms with Crippen LogP contribution in [0.25, 0.3) is 11.3 Å². The zero-order valence-corrected chi connectivity index (χ0v) is 25.3. The van der Waals surface area contributed by atoms with Gasteiger partial charge < -0.3 is 14.2 Å². The molecule has 2 rings (SSSR count). The molecule has 0 N–H and O–H groups in total. The Balaban J connectivity index is 1.64. The third-order valence-electron chi connectivity index (χ3n) is 6.97. The van der Waals surface area contributed by atoms with Crippen LogP contribution in [0.3, 0.4) is 0 Å². The number of aromatic nitrogens is 1. The molecule has 0 saturated carbocycles.